The maximum Gasteiger partial charge on any atom is 0.490 e. The van der Waals surface area contributed by atoms with Crippen LogP contribution in [0.1, 0.15) is 22.3 Å². The highest BCUT2D eigenvalue weighted by molar-refractivity contribution is 5.84. The molecular formula is C28H22F12N6O2. The van der Waals surface area contributed by atoms with E-state index in [1.54, 1.807) is 4.90 Å². The molecule has 3 N–H and O–H groups in total. The summed E-state index contributed by atoms with van der Waals surface area (Å²) in [6, 6.07) is 8.30. The number of halogens is 12. The second-order valence-corrected chi connectivity index (χ2v) is 10.2. The molecule has 5 rings (SSSR count). The SMILES string of the molecule is FC(F)(F)c1ccc(CNc2cc3nc(N4CCN(c5ncccc5C(F)(F)F)CC4)[nH]c3cc2C(F)(F)F)cc1.O=C(O)C(F)(F)F. The maximum atomic E-state index is 13.9. The van der Waals surface area contributed by atoms with E-state index >= 15 is 0 Å². The normalized spacial score (nSPS) is 14.5. The number of carboxylic acids is 1. The first-order valence-electron chi connectivity index (χ1n) is 13.5. The summed E-state index contributed by atoms with van der Waals surface area (Å²) < 4.78 is 152. The van der Waals surface area contributed by atoms with E-state index in [2.05, 4.69) is 20.3 Å². The van der Waals surface area contributed by atoms with Crippen molar-refractivity contribution in [1.82, 2.24) is 15.0 Å². The number of nitrogens with one attached hydrogen (secondary N) is 2. The van der Waals surface area contributed by atoms with Gasteiger partial charge in [-0.2, -0.15) is 52.7 Å². The van der Waals surface area contributed by atoms with Gasteiger partial charge in [0.05, 0.1) is 27.7 Å². The van der Waals surface area contributed by atoms with Gasteiger partial charge in [0, 0.05) is 44.6 Å². The van der Waals surface area contributed by atoms with Crippen molar-refractivity contribution in [2.45, 2.75) is 31.2 Å². The summed E-state index contributed by atoms with van der Waals surface area (Å²) in [5, 5.41) is 9.77. The van der Waals surface area contributed by atoms with Gasteiger partial charge < -0.3 is 25.2 Å². The number of benzene rings is 2. The number of aromatic nitrogens is 3. The molecule has 1 saturated heterocycles. The van der Waals surface area contributed by atoms with Crippen molar-refractivity contribution >= 4 is 34.5 Å². The molecule has 0 saturated carbocycles. The molecule has 260 valence electrons. The summed E-state index contributed by atoms with van der Waals surface area (Å²) in [6.07, 6.45) is -17.7. The minimum absolute atomic E-state index is 0.0962. The molecule has 1 aliphatic heterocycles. The van der Waals surface area contributed by atoms with Crippen LogP contribution >= 0.6 is 0 Å². The van der Waals surface area contributed by atoms with E-state index in [0.29, 0.717) is 5.56 Å². The van der Waals surface area contributed by atoms with Crippen LogP contribution in [0.25, 0.3) is 11.0 Å². The van der Waals surface area contributed by atoms with Crippen LogP contribution in [0.4, 0.5) is 70.1 Å². The first kappa shape index (κ1) is 35.9. The maximum absolute atomic E-state index is 13.9. The third-order valence-corrected chi connectivity index (χ3v) is 6.89. The number of pyridine rings is 1. The van der Waals surface area contributed by atoms with Gasteiger partial charge in [0.2, 0.25) is 5.95 Å². The summed E-state index contributed by atoms with van der Waals surface area (Å²) >= 11 is 0. The van der Waals surface area contributed by atoms with Crippen LogP contribution in [0.15, 0.2) is 54.7 Å². The van der Waals surface area contributed by atoms with Crippen LogP contribution < -0.4 is 15.1 Å². The highest BCUT2D eigenvalue weighted by Crippen LogP contribution is 2.39. The quantitative estimate of drug-likeness (QED) is 0.185. The Balaban J connectivity index is 0.000000671. The molecule has 0 radical (unpaired) electrons. The molecule has 20 heteroatoms. The smallest absolute Gasteiger partial charge is 0.475 e. The zero-order chi connectivity index (χ0) is 35.7. The number of rotatable bonds is 5. The highest BCUT2D eigenvalue weighted by Gasteiger charge is 2.39. The lowest BCUT2D eigenvalue weighted by Crippen LogP contribution is -2.47. The van der Waals surface area contributed by atoms with Crippen molar-refractivity contribution < 1.29 is 62.6 Å². The van der Waals surface area contributed by atoms with Gasteiger partial charge in [0.1, 0.15) is 5.82 Å². The van der Waals surface area contributed by atoms with Gasteiger partial charge in [-0.05, 0) is 42.0 Å². The number of hydrogen-bond donors (Lipinski definition) is 3. The first-order valence-corrected chi connectivity index (χ1v) is 13.5. The van der Waals surface area contributed by atoms with Crippen LogP contribution in [0.5, 0.6) is 0 Å². The molecule has 0 aliphatic carbocycles. The fourth-order valence-corrected chi connectivity index (χ4v) is 4.58. The summed E-state index contributed by atoms with van der Waals surface area (Å²) in [6.45, 7) is 0.646. The number of H-pyrrole nitrogens is 1. The van der Waals surface area contributed by atoms with E-state index in [0.717, 1.165) is 24.3 Å². The number of hydrogen-bond acceptors (Lipinski definition) is 6. The Labute approximate surface area is 262 Å². The van der Waals surface area contributed by atoms with Crippen molar-refractivity contribution in [3.05, 3.63) is 77.0 Å². The molecule has 0 unspecified atom stereocenters. The number of carboxylic acid groups (broad SMARTS) is 1. The predicted octanol–water partition coefficient (Wildman–Crippen LogP) is 7.59. The molecule has 8 nitrogen and oxygen atoms in total. The molecule has 3 heterocycles. The topological polar surface area (TPSA) is 97.4 Å². The van der Waals surface area contributed by atoms with Gasteiger partial charge in [-0.1, -0.05) is 12.1 Å². The number of carbonyl (C=O) groups is 1. The molecule has 2 aromatic heterocycles. The zero-order valence-electron chi connectivity index (χ0n) is 23.9. The van der Waals surface area contributed by atoms with Gasteiger partial charge in [-0.25, -0.2) is 14.8 Å². The molecule has 1 fully saturated rings. The molecule has 48 heavy (non-hydrogen) atoms. The second-order valence-electron chi connectivity index (χ2n) is 10.2. The summed E-state index contributed by atoms with van der Waals surface area (Å²) in [5.74, 6) is -2.69. The standard InChI is InChI=1S/C26H21F9N6.C2HF3O2/c27-24(28,29)16-5-3-15(4-6-16)14-37-19-13-21-20(12-18(19)26(33,34)35)38-23(39-21)41-10-8-40(9-11-41)22-17(25(30,31)32)2-1-7-36-22;3-2(4,5)1(6)7/h1-7,12-13,37H,8-11,14H2,(H,38,39);(H,6,7). The summed E-state index contributed by atoms with van der Waals surface area (Å²) in [5.41, 5.74) is -2.38. The Kier molecular flexibility index (Phi) is 9.96. The van der Waals surface area contributed by atoms with Gasteiger partial charge in [-0.3, -0.25) is 0 Å². The monoisotopic (exact) mass is 702 g/mol. The van der Waals surface area contributed by atoms with Crippen LogP contribution in [-0.2, 0) is 29.9 Å². The van der Waals surface area contributed by atoms with E-state index in [1.807, 2.05) is 0 Å². The third-order valence-electron chi connectivity index (χ3n) is 6.89. The largest absolute Gasteiger partial charge is 0.490 e. The second kappa shape index (κ2) is 13.3. The number of imidazole rings is 1. The van der Waals surface area contributed by atoms with Crippen LogP contribution in [0, 0.1) is 0 Å². The Morgan fingerprint density at radius 3 is 1.88 bits per heavy atom. The van der Waals surface area contributed by atoms with E-state index in [9.17, 15) is 52.7 Å². The highest BCUT2D eigenvalue weighted by atomic mass is 19.4. The average molecular weight is 703 g/mol. The molecule has 0 spiro atoms. The van der Waals surface area contributed by atoms with E-state index < -0.39 is 47.4 Å². The minimum atomic E-state index is -5.08. The van der Waals surface area contributed by atoms with Crippen LogP contribution in [0.2, 0.25) is 0 Å². The summed E-state index contributed by atoms with van der Waals surface area (Å²) in [4.78, 5) is 23.3. The Bertz CT molecular complexity index is 1720. The lowest BCUT2D eigenvalue weighted by Gasteiger charge is -2.36. The number of nitrogens with zero attached hydrogens (tertiary/aromatic N) is 4. The van der Waals surface area contributed by atoms with Gasteiger partial charge in [0.15, 0.2) is 0 Å². The third kappa shape index (κ3) is 8.71. The minimum Gasteiger partial charge on any atom is -0.475 e. The molecule has 0 bridgehead atoms. The Morgan fingerprint density at radius 1 is 0.792 bits per heavy atom. The van der Waals surface area contributed by atoms with Crippen molar-refractivity contribution in [1.29, 1.82) is 0 Å². The molecular weight excluding hydrogens is 680 g/mol. The number of anilines is 3. The summed E-state index contributed by atoms with van der Waals surface area (Å²) in [7, 11) is 0. The fraction of sp³-hybridized carbons (Fsp3) is 0.321. The van der Waals surface area contributed by atoms with Crippen molar-refractivity contribution in [2.24, 2.45) is 0 Å². The first-order chi connectivity index (χ1) is 22.1. The van der Waals surface area contributed by atoms with Gasteiger partial charge in [-0.15, -0.1) is 0 Å². The Hall–Kier alpha value is -4.91. The average Bonchev–Trinajstić information content (AvgIpc) is 3.42. The molecule has 1 aliphatic rings. The van der Waals surface area contributed by atoms with Gasteiger partial charge >= 0.3 is 30.7 Å². The molecule has 2 aromatic carbocycles. The number of aliphatic carboxylic acids is 1. The number of fused-ring (bicyclic) bond motifs is 1. The Morgan fingerprint density at radius 2 is 1.35 bits per heavy atom. The number of alkyl halides is 12. The van der Waals surface area contributed by atoms with Crippen molar-refractivity contribution in [2.75, 3.05) is 41.3 Å². The predicted molar refractivity (Wildman–Crippen MR) is 147 cm³/mol. The lowest BCUT2D eigenvalue weighted by atomic mass is 10.1. The molecule has 0 atom stereocenters. The van der Waals surface area contributed by atoms with E-state index in [4.69, 9.17) is 9.90 Å². The van der Waals surface area contributed by atoms with Crippen LogP contribution in [0.3, 0.4) is 0 Å². The number of aromatic amines is 1. The van der Waals surface area contributed by atoms with Crippen molar-refractivity contribution in [3.63, 3.8) is 0 Å². The van der Waals surface area contributed by atoms with E-state index in [1.165, 1.54) is 35.4 Å². The van der Waals surface area contributed by atoms with E-state index in [-0.39, 0.29) is 61.2 Å². The van der Waals surface area contributed by atoms with Crippen molar-refractivity contribution in [3.8, 4) is 0 Å². The fourth-order valence-electron chi connectivity index (χ4n) is 4.58. The molecule has 0 amide bonds. The lowest BCUT2D eigenvalue weighted by molar-refractivity contribution is -0.192. The number of piperazine rings is 1. The van der Waals surface area contributed by atoms with Gasteiger partial charge in [0.25, 0.3) is 0 Å². The zero-order valence-corrected chi connectivity index (χ0v) is 23.9. The molecule has 4 aromatic rings. The van der Waals surface area contributed by atoms with Crippen LogP contribution in [-0.4, -0.2) is 58.4 Å².